The number of benzene rings is 1. The fourth-order valence-corrected chi connectivity index (χ4v) is 2.95. The molecule has 25 heavy (non-hydrogen) atoms. The Hall–Kier alpha value is -2.40. The zero-order valence-corrected chi connectivity index (χ0v) is 15.2. The smallest absolute Gasteiger partial charge is 0.410 e. The second kappa shape index (κ2) is 6.84. The molecule has 0 radical (unpaired) electrons. The van der Waals surface area contributed by atoms with Gasteiger partial charge < -0.3 is 14.4 Å². The molecular formula is C20H24N2O3. The summed E-state index contributed by atoms with van der Waals surface area (Å²) < 4.78 is 11.4. The molecule has 0 spiro atoms. The first-order valence-corrected chi connectivity index (χ1v) is 8.43. The van der Waals surface area contributed by atoms with E-state index in [0.29, 0.717) is 13.2 Å². The number of aromatic nitrogens is 1. The Balaban J connectivity index is 1.78. The average Bonchev–Trinajstić information content (AvgIpc) is 2.97. The summed E-state index contributed by atoms with van der Waals surface area (Å²) in [4.78, 5) is 18.0. The monoisotopic (exact) mass is 340 g/mol. The van der Waals surface area contributed by atoms with Gasteiger partial charge in [0, 0.05) is 25.0 Å². The largest absolute Gasteiger partial charge is 0.444 e. The lowest BCUT2D eigenvalue weighted by atomic mass is 9.96. The number of nitrogens with zero attached hydrogens (tertiary/aromatic N) is 2. The van der Waals surface area contributed by atoms with Crippen molar-refractivity contribution in [3.8, 4) is 11.1 Å². The molecule has 5 heteroatoms. The molecule has 1 aromatic heterocycles. The van der Waals surface area contributed by atoms with Crippen LogP contribution >= 0.6 is 0 Å². The molecule has 0 bridgehead atoms. The summed E-state index contributed by atoms with van der Waals surface area (Å²) in [7, 11) is 1.74. The Morgan fingerprint density at radius 3 is 2.80 bits per heavy atom. The third kappa shape index (κ3) is 3.99. The van der Waals surface area contributed by atoms with Gasteiger partial charge in [-0.25, -0.2) is 4.79 Å². The summed E-state index contributed by atoms with van der Waals surface area (Å²) in [6.45, 7) is 6.58. The molecule has 0 N–H and O–H groups in total. The topological polar surface area (TPSA) is 51.7 Å². The van der Waals surface area contributed by atoms with E-state index in [9.17, 15) is 4.79 Å². The minimum absolute atomic E-state index is 0.149. The quantitative estimate of drug-likeness (QED) is 0.841. The van der Waals surface area contributed by atoms with Gasteiger partial charge in [0.05, 0.1) is 13.2 Å². The normalized spacial score (nSPS) is 16.4. The third-order valence-electron chi connectivity index (χ3n) is 4.11. The molecule has 0 fully saturated rings. The van der Waals surface area contributed by atoms with Crippen LogP contribution in [0.2, 0.25) is 0 Å². The van der Waals surface area contributed by atoms with Crippen molar-refractivity contribution < 1.29 is 14.3 Å². The van der Waals surface area contributed by atoms with Crippen LogP contribution in [0.15, 0.2) is 42.7 Å². The summed E-state index contributed by atoms with van der Waals surface area (Å²) in [5.41, 5.74) is 3.99. The Morgan fingerprint density at radius 1 is 1.32 bits per heavy atom. The Bertz CT molecular complexity index is 753. The third-order valence-corrected chi connectivity index (χ3v) is 4.11. The van der Waals surface area contributed by atoms with Crippen LogP contribution in [-0.4, -0.2) is 35.2 Å². The molecule has 5 nitrogen and oxygen atoms in total. The molecule has 1 aromatic carbocycles. The number of fused-ring (bicyclic) bond motifs is 1. The number of rotatable bonds is 3. The maximum absolute atomic E-state index is 12.2. The highest BCUT2D eigenvalue weighted by Gasteiger charge is 2.29. The second-order valence-electron chi connectivity index (χ2n) is 7.28. The van der Waals surface area contributed by atoms with Gasteiger partial charge in [0.25, 0.3) is 0 Å². The molecule has 0 saturated carbocycles. The van der Waals surface area contributed by atoms with Crippen molar-refractivity contribution in [2.45, 2.75) is 39.1 Å². The standard InChI is InChI=1S/C20H24N2O3/c1-20(2,3)25-19(23)22(4)12-18-16-9-5-8-15(17(16)13-24-18)14-7-6-10-21-11-14/h5-11,18H,12-13H2,1-4H3/t18-/m1/s1. The van der Waals surface area contributed by atoms with Crippen LogP contribution in [0.4, 0.5) is 4.79 Å². The number of amides is 1. The molecule has 1 atom stereocenters. The molecule has 2 aromatic rings. The van der Waals surface area contributed by atoms with E-state index in [1.165, 1.54) is 0 Å². The molecule has 0 saturated heterocycles. The van der Waals surface area contributed by atoms with Gasteiger partial charge in [0.15, 0.2) is 0 Å². The van der Waals surface area contributed by atoms with E-state index in [1.807, 2.05) is 45.2 Å². The van der Waals surface area contributed by atoms with Crippen LogP contribution in [0.5, 0.6) is 0 Å². The van der Waals surface area contributed by atoms with E-state index < -0.39 is 5.60 Å². The summed E-state index contributed by atoms with van der Waals surface area (Å²) in [6.07, 6.45) is 3.13. The minimum atomic E-state index is -0.507. The summed E-state index contributed by atoms with van der Waals surface area (Å²) in [5.74, 6) is 0. The van der Waals surface area contributed by atoms with E-state index in [2.05, 4.69) is 17.1 Å². The maximum Gasteiger partial charge on any atom is 0.410 e. The summed E-state index contributed by atoms with van der Waals surface area (Å²) in [5, 5.41) is 0. The van der Waals surface area contributed by atoms with Gasteiger partial charge in [-0.1, -0.05) is 24.3 Å². The molecule has 2 heterocycles. The lowest BCUT2D eigenvalue weighted by Crippen LogP contribution is -2.36. The van der Waals surface area contributed by atoms with Crippen molar-refractivity contribution >= 4 is 6.09 Å². The number of likely N-dealkylation sites (N-methyl/N-ethyl adjacent to an activating group) is 1. The minimum Gasteiger partial charge on any atom is -0.444 e. The predicted molar refractivity (Wildman–Crippen MR) is 96.1 cm³/mol. The molecular weight excluding hydrogens is 316 g/mol. The van der Waals surface area contributed by atoms with Gasteiger partial charge in [0.2, 0.25) is 0 Å². The molecule has 0 aliphatic carbocycles. The van der Waals surface area contributed by atoms with Gasteiger partial charge in [-0.2, -0.15) is 0 Å². The number of carbonyl (C=O) groups excluding carboxylic acids is 1. The van der Waals surface area contributed by atoms with Crippen molar-refractivity contribution in [1.29, 1.82) is 0 Å². The van der Waals surface area contributed by atoms with E-state index in [-0.39, 0.29) is 12.2 Å². The second-order valence-corrected chi connectivity index (χ2v) is 7.28. The van der Waals surface area contributed by atoms with E-state index in [1.54, 1.807) is 18.1 Å². The Kier molecular flexibility index (Phi) is 4.77. The Labute approximate surface area is 148 Å². The van der Waals surface area contributed by atoms with E-state index >= 15 is 0 Å². The number of carbonyl (C=O) groups is 1. The highest BCUT2D eigenvalue weighted by Crippen LogP contribution is 2.37. The number of pyridine rings is 1. The lowest BCUT2D eigenvalue weighted by Gasteiger charge is -2.26. The van der Waals surface area contributed by atoms with Gasteiger partial charge in [-0.15, -0.1) is 0 Å². The van der Waals surface area contributed by atoms with Crippen LogP contribution in [0, 0.1) is 0 Å². The highest BCUT2D eigenvalue weighted by molar-refractivity contribution is 5.69. The lowest BCUT2D eigenvalue weighted by molar-refractivity contribution is 0.00748. The van der Waals surface area contributed by atoms with Crippen LogP contribution in [0.25, 0.3) is 11.1 Å². The zero-order valence-electron chi connectivity index (χ0n) is 15.2. The van der Waals surface area contributed by atoms with Crippen LogP contribution < -0.4 is 0 Å². The first kappa shape index (κ1) is 17.4. The molecule has 0 unspecified atom stereocenters. The highest BCUT2D eigenvalue weighted by atomic mass is 16.6. The van der Waals surface area contributed by atoms with Crippen molar-refractivity contribution in [2.24, 2.45) is 0 Å². The summed E-state index contributed by atoms with van der Waals surface area (Å²) in [6, 6.07) is 10.1. The Morgan fingerprint density at radius 2 is 2.12 bits per heavy atom. The number of hydrogen-bond donors (Lipinski definition) is 0. The SMILES string of the molecule is CN(C[C@H]1OCc2c(-c3cccnc3)cccc21)C(=O)OC(C)(C)C. The van der Waals surface area contributed by atoms with Crippen molar-refractivity contribution in [1.82, 2.24) is 9.88 Å². The molecule has 1 aliphatic rings. The predicted octanol–water partition coefficient (Wildman–Crippen LogP) is 4.19. The number of ether oxygens (including phenoxy) is 2. The first-order chi connectivity index (χ1) is 11.8. The molecule has 132 valence electrons. The van der Waals surface area contributed by atoms with Gasteiger partial charge in [-0.05, 0) is 43.5 Å². The van der Waals surface area contributed by atoms with Gasteiger partial charge in [0.1, 0.15) is 11.7 Å². The van der Waals surface area contributed by atoms with Crippen LogP contribution in [0.3, 0.4) is 0 Å². The van der Waals surface area contributed by atoms with Crippen molar-refractivity contribution in [3.05, 3.63) is 53.9 Å². The molecule has 1 aliphatic heterocycles. The maximum atomic E-state index is 12.2. The fourth-order valence-electron chi connectivity index (χ4n) is 2.95. The first-order valence-electron chi connectivity index (χ1n) is 8.43. The molecule has 1 amide bonds. The van der Waals surface area contributed by atoms with Crippen molar-refractivity contribution in [3.63, 3.8) is 0 Å². The zero-order chi connectivity index (χ0) is 18.0. The van der Waals surface area contributed by atoms with Crippen LogP contribution in [-0.2, 0) is 16.1 Å². The van der Waals surface area contributed by atoms with Gasteiger partial charge >= 0.3 is 6.09 Å². The van der Waals surface area contributed by atoms with Gasteiger partial charge in [-0.3, -0.25) is 4.98 Å². The average molecular weight is 340 g/mol. The van der Waals surface area contributed by atoms with Crippen LogP contribution in [0.1, 0.15) is 38.0 Å². The van der Waals surface area contributed by atoms with E-state index in [4.69, 9.17) is 9.47 Å². The summed E-state index contributed by atoms with van der Waals surface area (Å²) >= 11 is 0. The van der Waals surface area contributed by atoms with Crippen molar-refractivity contribution in [2.75, 3.05) is 13.6 Å². The number of hydrogen-bond acceptors (Lipinski definition) is 4. The fraction of sp³-hybridized carbons (Fsp3) is 0.400. The van der Waals surface area contributed by atoms with E-state index in [0.717, 1.165) is 22.3 Å². The molecule has 3 rings (SSSR count).